The van der Waals surface area contributed by atoms with Crippen molar-refractivity contribution in [2.75, 3.05) is 5.32 Å². The molecule has 1 unspecified atom stereocenters. The molecule has 0 saturated heterocycles. The van der Waals surface area contributed by atoms with E-state index in [0.717, 1.165) is 18.6 Å². The largest absolute Gasteiger partial charge is 0.469 e. The van der Waals surface area contributed by atoms with Crippen LogP contribution in [0.4, 0.5) is 5.82 Å². The molecule has 0 aliphatic heterocycles. The van der Waals surface area contributed by atoms with Crippen molar-refractivity contribution in [1.29, 1.82) is 0 Å². The lowest BCUT2D eigenvalue weighted by Gasteiger charge is -2.15. The van der Waals surface area contributed by atoms with E-state index in [2.05, 4.69) is 15.3 Å². The number of nitrogens with zero attached hydrogens (tertiary/aromatic N) is 2. The minimum absolute atomic E-state index is 0.129. The number of furan rings is 1. The first kappa shape index (κ1) is 14.5. The van der Waals surface area contributed by atoms with Gasteiger partial charge >= 0.3 is 0 Å². The summed E-state index contributed by atoms with van der Waals surface area (Å²) in [7, 11) is 0. The molecule has 0 radical (unpaired) electrons. The Hall–Kier alpha value is -1.88. The van der Waals surface area contributed by atoms with E-state index in [0.29, 0.717) is 23.5 Å². The van der Waals surface area contributed by atoms with Gasteiger partial charge < -0.3 is 9.73 Å². The van der Waals surface area contributed by atoms with Gasteiger partial charge in [0.1, 0.15) is 22.6 Å². The molecule has 0 aliphatic carbocycles. The summed E-state index contributed by atoms with van der Waals surface area (Å²) in [6, 6.07) is 3.94. The fraction of sp³-hybridized carbons (Fsp3) is 0.357. The van der Waals surface area contributed by atoms with E-state index in [-0.39, 0.29) is 11.2 Å². The molecule has 0 fully saturated rings. The molecule has 0 amide bonds. The maximum absolute atomic E-state index is 11.1. The van der Waals surface area contributed by atoms with Crippen molar-refractivity contribution in [3.05, 3.63) is 40.7 Å². The van der Waals surface area contributed by atoms with Crippen LogP contribution in [0.1, 0.15) is 35.3 Å². The van der Waals surface area contributed by atoms with Gasteiger partial charge in [-0.05, 0) is 32.4 Å². The second-order valence-electron chi connectivity index (χ2n) is 4.61. The highest BCUT2D eigenvalue weighted by Gasteiger charge is 2.13. The number of aromatic nitrogens is 2. The standard InChI is InChI=1S/C14H16ClN3O2/c1-9(5-6-11-4-3-7-20-11)16-14-12(8-19)13(15)17-10(2)18-14/h3-4,7-9H,5-6H2,1-2H3,(H,16,17,18). The molecule has 5 nitrogen and oxygen atoms in total. The highest BCUT2D eigenvalue weighted by atomic mass is 35.5. The molecule has 2 rings (SSSR count). The highest BCUT2D eigenvalue weighted by Crippen LogP contribution is 2.20. The third kappa shape index (κ3) is 3.57. The molecular formula is C14H16ClN3O2. The van der Waals surface area contributed by atoms with Crippen LogP contribution in [0.3, 0.4) is 0 Å². The summed E-state index contributed by atoms with van der Waals surface area (Å²) < 4.78 is 5.29. The number of anilines is 1. The molecule has 2 aromatic heterocycles. The van der Waals surface area contributed by atoms with Crippen LogP contribution in [-0.4, -0.2) is 22.3 Å². The number of aryl methyl sites for hydroxylation is 2. The predicted octanol–water partition coefficient (Wildman–Crippen LogP) is 3.28. The number of hydrogen-bond acceptors (Lipinski definition) is 5. The van der Waals surface area contributed by atoms with Gasteiger partial charge in [0.25, 0.3) is 0 Å². The average Bonchev–Trinajstić information content (AvgIpc) is 2.89. The molecule has 0 bridgehead atoms. The first-order valence-corrected chi connectivity index (χ1v) is 6.76. The van der Waals surface area contributed by atoms with E-state index in [4.69, 9.17) is 16.0 Å². The Morgan fingerprint density at radius 1 is 1.50 bits per heavy atom. The van der Waals surface area contributed by atoms with Crippen LogP contribution in [0, 0.1) is 6.92 Å². The number of rotatable bonds is 6. The Labute approximate surface area is 122 Å². The van der Waals surface area contributed by atoms with E-state index in [1.165, 1.54) is 0 Å². The van der Waals surface area contributed by atoms with Crippen LogP contribution in [0.15, 0.2) is 22.8 Å². The SMILES string of the molecule is Cc1nc(Cl)c(C=O)c(NC(C)CCc2ccco2)n1. The minimum Gasteiger partial charge on any atom is -0.469 e. The Morgan fingerprint density at radius 3 is 2.95 bits per heavy atom. The van der Waals surface area contributed by atoms with Gasteiger partial charge in [0.15, 0.2) is 6.29 Å². The fourth-order valence-electron chi connectivity index (χ4n) is 1.88. The monoisotopic (exact) mass is 293 g/mol. The molecule has 0 aliphatic rings. The molecular weight excluding hydrogens is 278 g/mol. The van der Waals surface area contributed by atoms with Crippen molar-refractivity contribution < 1.29 is 9.21 Å². The van der Waals surface area contributed by atoms with Crippen LogP contribution in [0.2, 0.25) is 5.15 Å². The summed E-state index contributed by atoms with van der Waals surface area (Å²) in [6.07, 6.45) is 4.00. The lowest BCUT2D eigenvalue weighted by Crippen LogP contribution is -2.19. The molecule has 0 aromatic carbocycles. The van der Waals surface area contributed by atoms with Gasteiger partial charge in [-0.3, -0.25) is 4.79 Å². The zero-order chi connectivity index (χ0) is 14.5. The summed E-state index contributed by atoms with van der Waals surface area (Å²) >= 11 is 5.94. The highest BCUT2D eigenvalue weighted by molar-refractivity contribution is 6.32. The zero-order valence-corrected chi connectivity index (χ0v) is 12.1. The van der Waals surface area contributed by atoms with Gasteiger partial charge in [-0.15, -0.1) is 0 Å². The minimum atomic E-state index is 0.129. The Kier molecular flexibility index (Phi) is 4.74. The molecule has 6 heteroatoms. The number of carbonyl (C=O) groups excluding carboxylic acids is 1. The Bertz CT molecular complexity index is 584. The number of hydrogen-bond donors (Lipinski definition) is 1. The summed E-state index contributed by atoms with van der Waals surface area (Å²) in [5, 5.41) is 3.37. The first-order chi connectivity index (χ1) is 9.60. The average molecular weight is 294 g/mol. The predicted molar refractivity (Wildman–Crippen MR) is 77.3 cm³/mol. The molecule has 1 atom stereocenters. The molecule has 2 heterocycles. The molecule has 1 N–H and O–H groups in total. The van der Waals surface area contributed by atoms with Crippen LogP contribution >= 0.6 is 11.6 Å². The van der Waals surface area contributed by atoms with E-state index in [1.54, 1.807) is 13.2 Å². The van der Waals surface area contributed by atoms with Crippen LogP contribution in [0.5, 0.6) is 0 Å². The molecule has 106 valence electrons. The van der Waals surface area contributed by atoms with Crippen LogP contribution in [0.25, 0.3) is 0 Å². The topological polar surface area (TPSA) is 68.0 Å². The summed E-state index contributed by atoms with van der Waals surface area (Å²) in [6.45, 7) is 3.75. The summed E-state index contributed by atoms with van der Waals surface area (Å²) in [5.74, 6) is 1.94. The van der Waals surface area contributed by atoms with Crippen molar-refractivity contribution in [2.24, 2.45) is 0 Å². The first-order valence-electron chi connectivity index (χ1n) is 6.38. The van der Waals surface area contributed by atoms with E-state index in [1.807, 2.05) is 19.1 Å². The summed E-state index contributed by atoms with van der Waals surface area (Å²) in [4.78, 5) is 19.3. The van der Waals surface area contributed by atoms with Gasteiger partial charge in [-0.1, -0.05) is 11.6 Å². The van der Waals surface area contributed by atoms with E-state index < -0.39 is 0 Å². The lowest BCUT2D eigenvalue weighted by atomic mass is 10.1. The maximum atomic E-state index is 11.1. The van der Waals surface area contributed by atoms with Crippen molar-refractivity contribution >= 4 is 23.7 Å². The van der Waals surface area contributed by atoms with Gasteiger partial charge in [-0.2, -0.15) is 0 Å². The number of carbonyl (C=O) groups is 1. The van der Waals surface area contributed by atoms with E-state index in [9.17, 15) is 4.79 Å². The molecule has 0 spiro atoms. The third-order valence-corrected chi connectivity index (χ3v) is 3.20. The Morgan fingerprint density at radius 2 is 2.30 bits per heavy atom. The second-order valence-corrected chi connectivity index (χ2v) is 4.96. The van der Waals surface area contributed by atoms with Crippen molar-refractivity contribution in [3.63, 3.8) is 0 Å². The zero-order valence-electron chi connectivity index (χ0n) is 11.4. The van der Waals surface area contributed by atoms with Gasteiger partial charge in [0.05, 0.1) is 11.8 Å². The maximum Gasteiger partial charge on any atom is 0.156 e. The number of aldehydes is 1. The van der Waals surface area contributed by atoms with Gasteiger partial charge in [0, 0.05) is 12.5 Å². The van der Waals surface area contributed by atoms with Gasteiger partial charge in [-0.25, -0.2) is 9.97 Å². The van der Waals surface area contributed by atoms with Crippen molar-refractivity contribution in [3.8, 4) is 0 Å². The Balaban J connectivity index is 2.03. The summed E-state index contributed by atoms with van der Waals surface area (Å²) in [5.41, 5.74) is 0.294. The fourth-order valence-corrected chi connectivity index (χ4v) is 2.14. The number of halogens is 1. The van der Waals surface area contributed by atoms with E-state index >= 15 is 0 Å². The van der Waals surface area contributed by atoms with Crippen LogP contribution in [-0.2, 0) is 6.42 Å². The smallest absolute Gasteiger partial charge is 0.156 e. The second kappa shape index (κ2) is 6.52. The molecule has 0 saturated carbocycles. The quantitative estimate of drug-likeness (QED) is 0.654. The molecule has 20 heavy (non-hydrogen) atoms. The normalized spacial score (nSPS) is 12.2. The number of nitrogens with one attached hydrogen (secondary N) is 1. The van der Waals surface area contributed by atoms with Gasteiger partial charge in [0.2, 0.25) is 0 Å². The third-order valence-electron chi connectivity index (χ3n) is 2.92. The lowest BCUT2D eigenvalue weighted by molar-refractivity contribution is 0.112. The van der Waals surface area contributed by atoms with Crippen molar-refractivity contribution in [1.82, 2.24) is 9.97 Å². The molecule has 2 aromatic rings. The van der Waals surface area contributed by atoms with Crippen LogP contribution < -0.4 is 5.32 Å². The van der Waals surface area contributed by atoms with Crippen molar-refractivity contribution in [2.45, 2.75) is 32.7 Å².